The molecule has 0 N–H and O–H groups in total. The highest BCUT2D eigenvalue weighted by molar-refractivity contribution is 6.73. The lowest BCUT2D eigenvalue weighted by Gasteiger charge is -2.15. The van der Waals surface area contributed by atoms with Gasteiger partial charge in [-0.3, -0.25) is 4.79 Å². The lowest BCUT2D eigenvalue weighted by Crippen LogP contribution is -2.48. The highest BCUT2D eigenvalue weighted by Crippen LogP contribution is 1.95. The predicted octanol–water partition coefficient (Wildman–Crippen LogP) is -2.62. The van der Waals surface area contributed by atoms with Gasteiger partial charge in [0, 0.05) is 5.56 Å². The molecule has 0 atom stereocenters. The molecular weight excluding hydrogens is 198 g/mol. The molecule has 0 fully saturated rings. The van der Waals surface area contributed by atoms with Crippen LogP contribution in [0.2, 0.25) is 0 Å². The molecule has 0 unspecified atom stereocenters. The number of carbonyl (C=O) groups excluding carboxylic acids is 1. The van der Waals surface area contributed by atoms with E-state index in [0.29, 0.717) is 0 Å². The van der Waals surface area contributed by atoms with Gasteiger partial charge in [0.2, 0.25) is 0 Å². The third-order valence-corrected chi connectivity index (χ3v) is 1.98. The SMILES string of the molecule is [B]c1c([B])c(C(=O)Cl)c([B])c([B])c1F. The maximum atomic E-state index is 13.1. The fourth-order valence-corrected chi connectivity index (χ4v) is 1.21. The maximum Gasteiger partial charge on any atom is 0.251 e. The molecule has 0 saturated heterocycles. The maximum absolute atomic E-state index is 13.1. The second-order valence-electron chi connectivity index (χ2n) is 2.62. The fraction of sp³-hybridized carbons (Fsp3) is 0. The Labute approximate surface area is 91.0 Å². The van der Waals surface area contributed by atoms with Crippen molar-refractivity contribution >= 4 is 70.1 Å². The molecule has 7 heteroatoms. The average Bonchev–Trinajstić information content (AvgIpc) is 2.11. The summed E-state index contributed by atoms with van der Waals surface area (Å²) in [5, 5.41) is -0.932. The van der Waals surface area contributed by atoms with E-state index < -0.39 is 22.0 Å². The Kier molecular flexibility index (Phi) is 3.15. The van der Waals surface area contributed by atoms with Gasteiger partial charge >= 0.3 is 0 Å². The highest BCUT2D eigenvalue weighted by Gasteiger charge is 2.16. The second kappa shape index (κ2) is 3.85. The molecular formula is C7B4ClFO. The Bertz CT molecular complexity index is 392. The standard InChI is InChI=1S/C7B4ClFO/c8-2-1(7(12)14)3(9)5(11)6(13)4(2)10. The molecule has 1 nitrogen and oxygen atoms in total. The van der Waals surface area contributed by atoms with Crippen LogP contribution in [0.4, 0.5) is 4.39 Å². The minimum Gasteiger partial charge on any atom is -0.276 e. The highest BCUT2D eigenvalue weighted by atomic mass is 35.5. The lowest BCUT2D eigenvalue weighted by atomic mass is 9.67. The zero-order chi connectivity index (χ0) is 11.0. The molecule has 0 aromatic heterocycles. The molecule has 1 aromatic rings. The summed E-state index contributed by atoms with van der Waals surface area (Å²) in [6, 6.07) is 0. The normalized spacial score (nSPS) is 10.1. The summed E-state index contributed by atoms with van der Waals surface area (Å²) in [4.78, 5) is 10.9. The quantitative estimate of drug-likeness (QED) is 0.356. The summed E-state index contributed by atoms with van der Waals surface area (Å²) in [6.45, 7) is 0. The van der Waals surface area contributed by atoms with E-state index in [1.165, 1.54) is 0 Å². The number of carbonyl (C=O) groups is 1. The van der Waals surface area contributed by atoms with Crippen LogP contribution < -0.4 is 21.9 Å². The largest absolute Gasteiger partial charge is 0.276 e. The Hall–Kier alpha value is -0.630. The van der Waals surface area contributed by atoms with Gasteiger partial charge in [0.15, 0.2) is 0 Å². The van der Waals surface area contributed by atoms with Crippen LogP contribution in [0.3, 0.4) is 0 Å². The van der Waals surface area contributed by atoms with Crippen LogP contribution in [-0.4, -0.2) is 36.6 Å². The average molecular weight is 198 g/mol. The van der Waals surface area contributed by atoms with E-state index in [9.17, 15) is 9.18 Å². The van der Waals surface area contributed by atoms with E-state index in [1.54, 1.807) is 0 Å². The van der Waals surface area contributed by atoms with E-state index in [4.69, 9.17) is 43.0 Å². The molecule has 0 bridgehead atoms. The van der Waals surface area contributed by atoms with E-state index in [1.807, 2.05) is 0 Å². The van der Waals surface area contributed by atoms with Gasteiger partial charge in [-0.1, -0.05) is 21.9 Å². The Morgan fingerprint density at radius 2 is 1.36 bits per heavy atom. The van der Waals surface area contributed by atoms with Crippen molar-refractivity contribution in [1.82, 2.24) is 0 Å². The third kappa shape index (κ3) is 1.63. The molecule has 0 heterocycles. The molecule has 0 aliphatic rings. The van der Waals surface area contributed by atoms with E-state index in [-0.39, 0.29) is 16.5 Å². The van der Waals surface area contributed by atoms with Crippen molar-refractivity contribution in [2.45, 2.75) is 0 Å². The Morgan fingerprint density at radius 1 is 1.00 bits per heavy atom. The van der Waals surface area contributed by atoms with Crippen LogP contribution >= 0.6 is 11.6 Å². The first-order valence-electron chi connectivity index (χ1n) is 3.49. The summed E-state index contributed by atoms with van der Waals surface area (Å²) < 4.78 is 13.1. The van der Waals surface area contributed by atoms with Gasteiger partial charge in [0.1, 0.15) is 37.2 Å². The number of hydrogen-bond donors (Lipinski definition) is 0. The van der Waals surface area contributed by atoms with E-state index in [0.717, 1.165) is 0 Å². The van der Waals surface area contributed by atoms with E-state index in [2.05, 4.69) is 0 Å². The van der Waals surface area contributed by atoms with Crippen molar-refractivity contribution in [3.8, 4) is 0 Å². The van der Waals surface area contributed by atoms with Crippen molar-refractivity contribution in [2.75, 3.05) is 0 Å². The molecule has 0 spiro atoms. The fourth-order valence-electron chi connectivity index (χ4n) is 1.01. The molecule has 0 amide bonds. The van der Waals surface area contributed by atoms with Crippen molar-refractivity contribution in [2.24, 2.45) is 0 Å². The number of halogens is 2. The lowest BCUT2D eigenvalue weighted by molar-refractivity contribution is 0.108. The number of benzene rings is 1. The van der Waals surface area contributed by atoms with Crippen LogP contribution in [0, 0.1) is 5.82 Å². The molecule has 60 valence electrons. The van der Waals surface area contributed by atoms with Crippen molar-refractivity contribution in [3.63, 3.8) is 0 Å². The van der Waals surface area contributed by atoms with Crippen molar-refractivity contribution in [1.29, 1.82) is 0 Å². The first kappa shape index (κ1) is 11.4. The van der Waals surface area contributed by atoms with Crippen LogP contribution in [-0.2, 0) is 0 Å². The molecule has 8 radical (unpaired) electrons. The van der Waals surface area contributed by atoms with Gasteiger partial charge in [-0.05, 0) is 11.6 Å². The van der Waals surface area contributed by atoms with Crippen molar-refractivity contribution in [3.05, 3.63) is 11.4 Å². The zero-order valence-corrected chi connectivity index (χ0v) is 7.73. The molecule has 0 aliphatic carbocycles. The topological polar surface area (TPSA) is 17.1 Å². The molecule has 1 aromatic carbocycles. The smallest absolute Gasteiger partial charge is 0.251 e. The van der Waals surface area contributed by atoms with Gasteiger partial charge in [-0.25, -0.2) is 4.39 Å². The zero-order valence-electron chi connectivity index (χ0n) is 6.97. The minimum absolute atomic E-state index is 0.261. The summed E-state index contributed by atoms with van der Waals surface area (Å²) in [6.07, 6.45) is 0. The second-order valence-corrected chi connectivity index (χ2v) is 2.96. The predicted molar refractivity (Wildman–Crippen MR) is 58.1 cm³/mol. The van der Waals surface area contributed by atoms with Gasteiger partial charge in [-0.2, -0.15) is 0 Å². The Balaban J connectivity index is 3.68. The Morgan fingerprint density at radius 3 is 1.64 bits per heavy atom. The van der Waals surface area contributed by atoms with Crippen LogP contribution in [0.5, 0.6) is 0 Å². The third-order valence-electron chi connectivity index (χ3n) is 1.79. The minimum atomic E-state index is -0.943. The van der Waals surface area contributed by atoms with Gasteiger partial charge in [0.05, 0.1) is 0 Å². The summed E-state index contributed by atoms with van der Waals surface area (Å²) in [7, 11) is 21.2. The first-order valence-corrected chi connectivity index (χ1v) is 3.86. The molecule has 14 heavy (non-hydrogen) atoms. The van der Waals surface area contributed by atoms with Gasteiger partial charge in [-0.15, -0.1) is 0 Å². The van der Waals surface area contributed by atoms with Gasteiger partial charge < -0.3 is 0 Å². The van der Waals surface area contributed by atoms with Gasteiger partial charge in [0.25, 0.3) is 5.24 Å². The number of rotatable bonds is 1. The number of hydrogen-bond acceptors (Lipinski definition) is 1. The monoisotopic (exact) mass is 198 g/mol. The molecule has 0 saturated carbocycles. The van der Waals surface area contributed by atoms with Crippen molar-refractivity contribution < 1.29 is 9.18 Å². The van der Waals surface area contributed by atoms with E-state index >= 15 is 0 Å². The van der Waals surface area contributed by atoms with Crippen LogP contribution in [0.1, 0.15) is 10.4 Å². The van der Waals surface area contributed by atoms with Crippen LogP contribution in [0.25, 0.3) is 0 Å². The summed E-state index contributed by atoms with van der Waals surface area (Å²) in [5.41, 5.74) is -1.71. The summed E-state index contributed by atoms with van der Waals surface area (Å²) in [5.74, 6) is -0.943. The van der Waals surface area contributed by atoms with Crippen LogP contribution in [0.15, 0.2) is 0 Å². The molecule has 0 aliphatic heterocycles. The first-order chi connectivity index (χ1) is 6.37. The summed E-state index contributed by atoms with van der Waals surface area (Å²) >= 11 is 5.18. The molecule has 1 rings (SSSR count).